The van der Waals surface area contributed by atoms with E-state index >= 15 is 0 Å². The first-order chi connectivity index (χ1) is 30.2. The van der Waals surface area contributed by atoms with E-state index in [0.717, 1.165) is 18.1 Å². The van der Waals surface area contributed by atoms with Crippen LogP contribution in [0.4, 0.5) is 34.1 Å². The minimum Gasteiger partial charge on any atom is -0.493 e. The van der Waals surface area contributed by atoms with Gasteiger partial charge in [-0.2, -0.15) is 45.9 Å². The Hall–Kier alpha value is -6.32. The topological polar surface area (TPSA) is 347 Å². The number of fused-ring (bicyclic) bond motifs is 3. The van der Waals surface area contributed by atoms with Gasteiger partial charge in [-0.05, 0) is 92.9 Å². The fraction of sp³-hybridized carbons (Fsp3) is 0.189. The molecule has 0 aliphatic rings. The molecule has 2 aromatic heterocycles. The molecule has 0 spiro atoms. The van der Waals surface area contributed by atoms with Crippen molar-refractivity contribution in [3.8, 4) is 17.7 Å². The van der Waals surface area contributed by atoms with Gasteiger partial charge in [-0.3, -0.25) is 18.1 Å². The molecule has 5 N–H and O–H groups in total. The first-order valence-corrected chi connectivity index (χ1v) is 23.6. The number of aromatic nitrogens is 2. The number of rotatable bonds is 16. The monoisotopic (exact) mass is 957 g/mol. The van der Waals surface area contributed by atoms with Crippen LogP contribution in [0.2, 0.25) is 0 Å². The molecule has 0 aliphatic carbocycles. The predicted molar refractivity (Wildman–Crippen MR) is 229 cm³/mol. The molecule has 336 valence electrons. The molecule has 4 aromatic carbocycles. The van der Waals surface area contributed by atoms with Gasteiger partial charge in [0.1, 0.15) is 33.7 Å². The van der Waals surface area contributed by atoms with Crippen LogP contribution in [0.3, 0.4) is 0 Å². The fourth-order valence-electron chi connectivity index (χ4n) is 5.56. The van der Waals surface area contributed by atoms with Crippen molar-refractivity contribution in [3.05, 3.63) is 95.6 Å². The van der Waals surface area contributed by atoms with Gasteiger partial charge in [0, 0.05) is 16.5 Å². The number of azo groups is 3. The maximum atomic E-state index is 12.4. The van der Waals surface area contributed by atoms with E-state index in [1.165, 1.54) is 28.7 Å². The van der Waals surface area contributed by atoms with Crippen LogP contribution in [0, 0.1) is 25.2 Å². The van der Waals surface area contributed by atoms with Crippen molar-refractivity contribution in [1.82, 2.24) is 9.38 Å². The zero-order valence-electron chi connectivity index (χ0n) is 33.4. The summed E-state index contributed by atoms with van der Waals surface area (Å²) in [7, 11) is -12.7. The van der Waals surface area contributed by atoms with E-state index in [2.05, 4.69) is 51.1 Å². The molecule has 0 bridgehead atoms. The second-order valence-electron chi connectivity index (χ2n) is 13.2. The quantitative estimate of drug-likeness (QED) is 0.0151. The highest BCUT2D eigenvalue weighted by molar-refractivity contribution is 7.94. The highest BCUT2D eigenvalue weighted by Crippen LogP contribution is 2.41. The Kier molecular flexibility index (Phi) is 15.9. The van der Waals surface area contributed by atoms with Gasteiger partial charge in [0.15, 0.2) is 11.3 Å². The van der Waals surface area contributed by atoms with Crippen LogP contribution < -0.4 is 4.74 Å². The van der Waals surface area contributed by atoms with Crippen molar-refractivity contribution >= 4 is 93.2 Å². The van der Waals surface area contributed by atoms with E-state index in [4.69, 9.17) is 19.1 Å². The molecular weight excluding hydrogens is 923 g/mol. The number of unbranched alkanes of at least 4 members (excludes halogenated alkanes) is 1. The van der Waals surface area contributed by atoms with E-state index in [1.807, 2.05) is 0 Å². The second kappa shape index (κ2) is 20.9. The van der Waals surface area contributed by atoms with Crippen LogP contribution in [0.5, 0.6) is 11.6 Å². The van der Waals surface area contributed by atoms with Crippen LogP contribution >= 0.6 is 12.0 Å². The summed E-state index contributed by atoms with van der Waals surface area (Å²) < 4.78 is 104. The summed E-state index contributed by atoms with van der Waals surface area (Å²) in [5, 5.41) is 58.3. The lowest BCUT2D eigenvalue weighted by Crippen LogP contribution is -2.06. The standard InChI is InChI=1S/C36H31N9O11S3.CH4O3S/c1-21-17-30(43-44-34-22(2)26(20-37)35-38-27-7-3-4-8-31(27)45(35)36(34)46)32(54-15-5-6-16-58(48,49)50)19-29(21)42-41-28-14-11-24(18-33(28)59(51,52)53)40-39-23-9-12-25(13-10-23)57-56-55-47;1-5(2,3)4/h3-4,7-14,17-19,46-47H,5-6,15-16H2,1-2H3,(H,48,49,50)(H,51,52,53);1H3,(H,2,3,4). The summed E-state index contributed by atoms with van der Waals surface area (Å²) in [6.45, 7) is 3.21. The Balaban J connectivity index is 0.00000146. The lowest BCUT2D eigenvalue weighted by molar-refractivity contribution is -0.432. The molecule has 27 heteroatoms. The minimum atomic E-state index is -4.84. The van der Waals surface area contributed by atoms with Crippen LogP contribution in [0.15, 0.2) is 119 Å². The molecule has 0 fully saturated rings. The van der Waals surface area contributed by atoms with Gasteiger partial charge in [-0.1, -0.05) is 17.2 Å². The number of aromatic hydroxyl groups is 1. The predicted octanol–water partition coefficient (Wildman–Crippen LogP) is 9.15. The van der Waals surface area contributed by atoms with Crippen molar-refractivity contribution in [2.24, 2.45) is 30.7 Å². The third-order valence-electron chi connectivity index (χ3n) is 8.40. The van der Waals surface area contributed by atoms with Crippen molar-refractivity contribution in [1.29, 1.82) is 5.26 Å². The number of ether oxygens (including phenoxy) is 1. The number of pyridine rings is 1. The lowest BCUT2D eigenvalue weighted by Gasteiger charge is -2.12. The number of imidazole rings is 1. The van der Waals surface area contributed by atoms with E-state index in [1.54, 1.807) is 62.4 Å². The van der Waals surface area contributed by atoms with E-state index < -0.39 is 41.0 Å². The van der Waals surface area contributed by atoms with Crippen LogP contribution in [0.25, 0.3) is 16.7 Å². The number of hydrogen-bond donors (Lipinski definition) is 5. The minimum absolute atomic E-state index is 0.0182. The van der Waals surface area contributed by atoms with E-state index in [9.17, 15) is 40.2 Å². The molecule has 2 heterocycles. The van der Waals surface area contributed by atoms with Gasteiger partial charge in [0.05, 0.1) is 58.8 Å². The fourth-order valence-corrected chi connectivity index (χ4v) is 7.13. The first-order valence-electron chi connectivity index (χ1n) is 18.0. The van der Waals surface area contributed by atoms with E-state index in [0.29, 0.717) is 39.0 Å². The van der Waals surface area contributed by atoms with Crippen molar-refractivity contribution < 1.29 is 63.4 Å². The van der Waals surface area contributed by atoms with E-state index in [-0.39, 0.29) is 70.7 Å². The van der Waals surface area contributed by atoms with Crippen LogP contribution in [0.1, 0.15) is 29.5 Å². The summed E-state index contributed by atoms with van der Waals surface area (Å²) in [5.41, 5.74) is 2.76. The Morgan fingerprint density at radius 3 is 2.09 bits per heavy atom. The third-order valence-corrected chi connectivity index (χ3v) is 10.7. The molecule has 23 nitrogen and oxygen atoms in total. The van der Waals surface area contributed by atoms with Crippen molar-refractivity contribution in [3.63, 3.8) is 0 Å². The smallest absolute Gasteiger partial charge is 0.296 e. The van der Waals surface area contributed by atoms with Crippen molar-refractivity contribution in [2.75, 3.05) is 18.6 Å². The van der Waals surface area contributed by atoms with Crippen LogP contribution in [-0.4, -0.2) is 77.3 Å². The molecule has 0 saturated carbocycles. The van der Waals surface area contributed by atoms with Gasteiger partial charge in [-0.15, -0.1) is 19.7 Å². The molecule has 0 radical (unpaired) electrons. The average Bonchev–Trinajstić information content (AvgIpc) is 3.61. The summed E-state index contributed by atoms with van der Waals surface area (Å²) >= 11 is 0.745. The normalized spacial score (nSPS) is 12.3. The number of aryl methyl sites for hydroxylation is 1. The Bertz CT molecular complexity index is 3170. The molecule has 6 aromatic rings. The summed E-state index contributed by atoms with van der Waals surface area (Å²) in [4.78, 5) is 4.47. The Morgan fingerprint density at radius 1 is 0.797 bits per heavy atom. The van der Waals surface area contributed by atoms with Gasteiger partial charge >= 0.3 is 0 Å². The molecule has 0 unspecified atom stereocenters. The molecule has 64 heavy (non-hydrogen) atoms. The Labute approximate surface area is 368 Å². The zero-order chi connectivity index (χ0) is 46.8. The molecule has 0 aliphatic heterocycles. The van der Waals surface area contributed by atoms with Crippen LogP contribution in [-0.2, 0) is 39.7 Å². The number of hydrogen-bond acceptors (Lipinski definition) is 20. The number of nitrogens with zero attached hydrogens (tertiary/aromatic N) is 9. The lowest BCUT2D eigenvalue weighted by atomic mass is 10.1. The molecule has 0 saturated heterocycles. The molecule has 0 atom stereocenters. The summed E-state index contributed by atoms with van der Waals surface area (Å²) in [6, 6.07) is 22.2. The highest BCUT2D eigenvalue weighted by atomic mass is 32.2. The average molecular weight is 958 g/mol. The van der Waals surface area contributed by atoms with Gasteiger partial charge in [0.25, 0.3) is 30.4 Å². The summed E-state index contributed by atoms with van der Waals surface area (Å²) in [5.74, 6) is -0.721. The number of nitriles is 1. The number of para-hydroxylation sites is 2. The SMILES string of the molecule is CS(=O)(=O)O.Cc1cc(N=Nc2c(C)c(C#N)c3nc4ccccc4n3c2O)c(OCCCCS(=O)(=O)O)cc1N=Nc1ccc(N=Nc2ccc(SOOO)cc2)cc1S(=O)(=O)O. The largest absolute Gasteiger partial charge is 0.493 e. The third kappa shape index (κ3) is 13.3. The maximum Gasteiger partial charge on any atom is 0.296 e. The van der Waals surface area contributed by atoms with Gasteiger partial charge in [0.2, 0.25) is 5.88 Å². The first kappa shape index (κ1) is 48.7. The number of benzene rings is 4. The maximum absolute atomic E-state index is 12.4. The highest BCUT2D eigenvalue weighted by Gasteiger charge is 2.21. The molecule has 6 rings (SSSR count). The molecule has 0 amide bonds. The molecular formula is C37H35N9O14S4. The van der Waals surface area contributed by atoms with Gasteiger partial charge < -0.3 is 9.84 Å². The van der Waals surface area contributed by atoms with Gasteiger partial charge in [-0.25, -0.2) is 10.2 Å². The van der Waals surface area contributed by atoms with Crippen molar-refractivity contribution in [2.45, 2.75) is 36.5 Å². The summed E-state index contributed by atoms with van der Waals surface area (Å²) in [6.07, 6.45) is 0.998. The Morgan fingerprint density at radius 2 is 1.44 bits per heavy atom. The second-order valence-corrected chi connectivity index (χ2v) is 18.4. The zero-order valence-corrected chi connectivity index (χ0v) is 36.7.